The SMILES string of the molecule is CC(NC(=O)c1ccc2c3c(cccc13)CC2)c1ccc(OCc2cccnc2)cc1. The summed E-state index contributed by atoms with van der Waals surface area (Å²) in [5.41, 5.74) is 5.49. The van der Waals surface area contributed by atoms with Crippen LogP contribution in [0, 0.1) is 0 Å². The molecule has 0 bridgehead atoms. The van der Waals surface area contributed by atoms with Crippen LogP contribution >= 0.6 is 0 Å². The van der Waals surface area contributed by atoms with E-state index in [0.29, 0.717) is 6.61 Å². The molecule has 1 unspecified atom stereocenters. The first-order chi connectivity index (χ1) is 15.2. The third-order valence-electron chi connectivity index (χ3n) is 5.98. The second kappa shape index (κ2) is 8.23. The lowest BCUT2D eigenvalue weighted by atomic mass is 9.99. The molecule has 4 nitrogen and oxygen atoms in total. The Morgan fingerprint density at radius 2 is 1.81 bits per heavy atom. The van der Waals surface area contributed by atoms with Gasteiger partial charge >= 0.3 is 0 Å². The quantitative estimate of drug-likeness (QED) is 0.464. The lowest BCUT2D eigenvalue weighted by molar-refractivity contribution is 0.0941. The van der Waals surface area contributed by atoms with E-state index in [0.717, 1.165) is 40.7 Å². The Hall–Kier alpha value is -3.66. The van der Waals surface area contributed by atoms with Gasteiger partial charge in [0.2, 0.25) is 0 Å². The number of nitrogens with zero attached hydrogens (tertiary/aromatic N) is 1. The summed E-state index contributed by atoms with van der Waals surface area (Å²) in [6.07, 6.45) is 5.66. The van der Waals surface area contributed by atoms with Crippen LogP contribution in [0.5, 0.6) is 5.75 Å². The van der Waals surface area contributed by atoms with Gasteiger partial charge in [0.1, 0.15) is 12.4 Å². The zero-order chi connectivity index (χ0) is 21.2. The third kappa shape index (κ3) is 3.89. The molecule has 1 aliphatic carbocycles. The summed E-state index contributed by atoms with van der Waals surface area (Å²) in [4.78, 5) is 17.2. The van der Waals surface area contributed by atoms with Crippen LogP contribution in [-0.4, -0.2) is 10.9 Å². The molecule has 1 aromatic heterocycles. The first-order valence-electron chi connectivity index (χ1n) is 10.6. The second-order valence-electron chi connectivity index (χ2n) is 8.03. The summed E-state index contributed by atoms with van der Waals surface area (Å²) in [7, 11) is 0. The van der Waals surface area contributed by atoms with E-state index in [9.17, 15) is 4.79 Å². The molecule has 5 rings (SSSR count). The molecule has 1 heterocycles. The van der Waals surface area contributed by atoms with Crippen LogP contribution in [0.25, 0.3) is 10.8 Å². The van der Waals surface area contributed by atoms with Gasteiger partial charge in [-0.25, -0.2) is 0 Å². The number of ether oxygens (including phenoxy) is 1. The number of hydrogen-bond acceptors (Lipinski definition) is 3. The molecule has 154 valence electrons. The molecule has 0 fully saturated rings. The summed E-state index contributed by atoms with van der Waals surface area (Å²) in [5.74, 6) is 0.749. The first-order valence-corrected chi connectivity index (χ1v) is 10.6. The van der Waals surface area contributed by atoms with Crippen molar-refractivity contribution < 1.29 is 9.53 Å². The monoisotopic (exact) mass is 408 g/mol. The predicted octanol–water partition coefficient (Wildman–Crippen LogP) is 5.40. The fraction of sp³-hybridized carbons (Fsp3) is 0.185. The highest BCUT2D eigenvalue weighted by atomic mass is 16.5. The normalized spacial score (nSPS) is 13.2. The molecule has 1 aliphatic rings. The standard InChI is InChI=1S/C27H24N2O2/c1-18(20-9-12-23(13-10-20)31-17-19-4-3-15-28-16-19)29-27(30)25-14-11-22-8-7-21-5-2-6-24(25)26(21)22/h2-6,9-16,18H,7-8,17H2,1H3,(H,29,30). The maximum atomic E-state index is 13.1. The summed E-state index contributed by atoms with van der Waals surface area (Å²) in [6, 6.07) is 22.0. The Labute approximate surface area is 181 Å². The third-order valence-corrected chi connectivity index (χ3v) is 5.98. The van der Waals surface area contributed by atoms with Crippen molar-refractivity contribution in [2.24, 2.45) is 0 Å². The fourth-order valence-electron chi connectivity index (χ4n) is 4.31. The largest absolute Gasteiger partial charge is 0.489 e. The molecule has 1 amide bonds. The van der Waals surface area contributed by atoms with E-state index in [-0.39, 0.29) is 11.9 Å². The fourth-order valence-corrected chi connectivity index (χ4v) is 4.31. The van der Waals surface area contributed by atoms with Gasteiger partial charge in [-0.15, -0.1) is 0 Å². The molecule has 1 atom stereocenters. The number of rotatable bonds is 6. The average Bonchev–Trinajstić information content (AvgIpc) is 3.24. The van der Waals surface area contributed by atoms with Gasteiger partial charge in [0, 0.05) is 23.5 Å². The van der Waals surface area contributed by atoms with Gasteiger partial charge in [-0.3, -0.25) is 9.78 Å². The summed E-state index contributed by atoms with van der Waals surface area (Å²) < 4.78 is 5.83. The molecule has 1 N–H and O–H groups in total. The number of benzene rings is 3. The van der Waals surface area contributed by atoms with Crippen molar-refractivity contribution in [2.45, 2.75) is 32.4 Å². The van der Waals surface area contributed by atoms with Gasteiger partial charge in [0.25, 0.3) is 5.91 Å². The molecule has 4 heteroatoms. The number of nitrogens with one attached hydrogen (secondary N) is 1. The molecule has 4 aromatic rings. The maximum absolute atomic E-state index is 13.1. The van der Waals surface area contributed by atoms with Crippen molar-refractivity contribution in [3.8, 4) is 5.75 Å². The molecule has 3 aromatic carbocycles. The molecular weight excluding hydrogens is 384 g/mol. The van der Waals surface area contributed by atoms with Crippen LogP contribution in [0.3, 0.4) is 0 Å². The Kier molecular flexibility index (Phi) is 5.13. The van der Waals surface area contributed by atoms with Gasteiger partial charge in [-0.1, -0.05) is 42.5 Å². The van der Waals surface area contributed by atoms with Crippen LogP contribution < -0.4 is 10.1 Å². The molecule has 0 saturated carbocycles. The van der Waals surface area contributed by atoms with Crippen molar-refractivity contribution in [3.05, 3.63) is 107 Å². The predicted molar refractivity (Wildman–Crippen MR) is 122 cm³/mol. The van der Waals surface area contributed by atoms with Crippen molar-refractivity contribution in [1.29, 1.82) is 0 Å². The smallest absolute Gasteiger partial charge is 0.252 e. The Bertz CT molecular complexity index is 1220. The lowest BCUT2D eigenvalue weighted by Gasteiger charge is -2.16. The molecule has 0 aliphatic heterocycles. The zero-order valence-corrected chi connectivity index (χ0v) is 17.5. The molecule has 0 saturated heterocycles. The van der Waals surface area contributed by atoms with Gasteiger partial charge in [-0.2, -0.15) is 0 Å². The lowest BCUT2D eigenvalue weighted by Crippen LogP contribution is -2.26. The Morgan fingerprint density at radius 1 is 1.00 bits per heavy atom. The molecule has 0 radical (unpaired) electrons. The van der Waals surface area contributed by atoms with Crippen molar-refractivity contribution in [3.63, 3.8) is 0 Å². The number of pyridine rings is 1. The highest BCUT2D eigenvalue weighted by Crippen LogP contribution is 2.33. The van der Waals surface area contributed by atoms with Gasteiger partial charge in [-0.05, 0) is 71.5 Å². The summed E-state index contributed by atoms with van der Waals surface area (Å²) >= 11 is 0. The van der Waals surface area contributed by atoms with E-state index in [1.165, 1.54) is 16.5 Å². The van der Waals surface area contributed by atoms with E-state index in [1.807, 2.05) is 49.4 Å². The minimum atomic E-state index is -0.108. The van der Waals surface area contributed by atoms with E-state index >= 15 is 0 Å². The minimum Gasteiger partial charge on any atom is -0.489 e. The number of carbonyl (C=O) groups is 1. The zero-order valence-electron chi connectivity index (χ0n) is 17.5. The van der Waals surface area contributed by atoms with Crippen LogP contribution in [0.1, 0.15) is 45.6 Å². The number of hydrogen-bond donors (Lipinski definition) is 1. The molecule has 31 heavy (non-hydrogen) atoms. The molecule has 0 spiro atoms. The van der Waals surface area contributed by atoms with Crippen LogP contribution in [0.15, 0.2) is 79.1 Å². The highest BCUT2D eigenvalue weighted by Gasteiger charge is 2.19. The van der Waals surface area contributed by atoms with Gasteiger partial charge in [0.15, 0.2) is 0 Å². The Morgan fingerprint density at radius 3 is 2.58 bits per heavy atom. The maximum Gasteiger partial charge on any atom is 0.252 e. The van der Waals surface area contributed by atoms with Crippen molar-refractivity contribution in [1.82, 2.24) is 10.3 Å². The first kappa shape index (κ1) is 19.3. The number of carbonyl (C=O) groups excluding carboxylic acids is 1. The highest BCUT2D eigenvalue weighted by molar-refractivity contribution is 6.09. The Balaban J connectivity index is 1.28. The van der Waals surface area contributed by atoms with Crippen LogP contribution in [0.2, 0.25) is 0 Å². The van der Waals surface area contributed by atoms with Gasteiger partial charge in [0.05, 0.1) is 6.04 Å². The molecular formula is C27H24N2O2. The van der Waals surface area contributed by atoms with E-state index in [2.05, 4.69) is 34.6 Å². The topological polar surface area (TPSA) is 51.2 Å². The second-order valence-corrected chi connectivity index (χ2v) is 8.03. The van der Waals surface area contributed by atoms with E-state index < -0.39 is 0 Å². The summed E-state index contributed by atoms with van der Waals surface area (Å²) in [5, 5.41) is 5.47. The van der Waals surface area contributed by atoms with Crippen molar-refractivity contribution in [2.75, 3.05) is 0 Å². The number of aryl methyl sites for hydroxylation is 2. The number of aromatic nitrogens is 1. The van der Waals surface area contributed by atoms with Crippen LogP contribution in [-0.2, 0) is 19.4 Å². The van der Waals surface area contributed by atoms with E-state index in [4.69, 9.17) is 4.74 Å². The number of amides is 1. The van der Waals surface area contributed by atoms with E-state index in [1.54, 1.807) is 12.4 Å². The minimum absolute atomic E-state index is 0.0417. The van der Waals surface area contributed by atoms with Crippen molar-refractivity contribution >= 4 is 16.7 Å². The van der Waals surface area contributed by atoms with Gasteiger partial charge < -0.3 is 10.1 Å². The van der Waals surface area contributed by atoms with Crippen LogP contribution in [0.4, 0.5) is 0 Å². The average molecular weight is 409 g/mol. The summed E-state index contributed by atoms with van der Waals surface area (Å²) in [6.45, 7) is 2.48.